The number of amides is 2. The minimum Gasteiger partial charge on any atom is -0.351 e. The summed E-state index contributed by atoms with van der Waals surface area (Å²) >= 11 is 15.9. The number of hydrogen-bond acceptors (Lipinski definition) is 12. The van der Waals surface area contributed by atoms with Crippen LogP contribution in [0.2, 0.25) is 12.1 Å². The van der Waals surface area contributed by atoms with Crippen LogP contribution in [0.5, 0.6) is 0 Å². The fraction of sp³-hybridized carbons (Fsp3) is 0.615. The van der Waals surface area contributed by atoms with Gasteiger partial charge in [0, 0.05) is 91.1 Å². The van der Waals surface area contributed by atoms with Crippen molar-refractivity contribution in [3.8, 4) is 80.4 Å². The number of carbonyl (C=O) groups is 2. The van der Waals surface area contributed by atoms with Crippen molar-refractivity contribution in [1.29, 1.82) is 10.5 Å². The molecule has 1 aliphatic rings. The Morgan fingerprint density at radius 1 is 0.319 bits per heavy atom. The second-order valence-electron chi connectivity index (χ2n) is 34.8. The first kappa shape index (κ1) is 98.0. The number of thiophene rings is 8. The van der Waals surface area contributed by atoms with Crippen molar-refractivity contribution in [3.63, 3.8) is 0 Å². The van der Waals surface area contributed by atoms with Gasteiger partial charge in [-0.3, -0.25) is 9.59 Å². The lowest BCUT2D eigenvalue weighted by Crippen LogP contribution is -2.56. The first-order chi connectivity index (χ1) is 58.3. The summed E-state index contributed by atoms with van der Waals surface area (Å²) in [5, 5.41) is 30.6. The number of carbonyl (C=O) groups excluding carboxylic acids is 2. The van der Waals surface area contributed by atoms with Crippen LogP contribution in [0.25, 0.3) is 80.4 Å². The lowest BCUT2D eigenvalue weighted by Gasteiger charge is -2.35. The number of nitrogens with zero attached hydrogens (tertiary/aromatic N) is 2. The fourth-order valence-corrected chi connectivity index (χ4v) is 35.7. The van der Waals surface area contributed by atoms with E-state index in [4.69, 9.17) is 0 Å². The molecule has 0 bridgehead atoms. The second-order valence-corrected chi connectivity index (χ2v) is 47.4. The molecule has 0 saturated heterocycles. The van der Waals surface area contributed by atoms with Gasteiger partial charge >= 0.3 is 0 Å². The summed E-state index contributed by atoms with van der Waals surface area (Å²) in [4.78, 5) is 49.0. The van der Waals surface area contributed by atoms with Crippen LogP contribution in [0.4, 0.5) is 0 Å². The molecule has 8 aromatic rings. The number of hydrogen-bond donors (Lipinski definition) is 2. The van der Waals surface area contributed by atoms with Crippen molar-refractivity contribution < 1.29 is 9.59 Å². The molecule has 9 rings (SSSR count). The Balaban J connectivity index is 1.12. The zero-order chi connectivity index (χ0) is 84.4. The predicted octanol–water partition coefficient (Wildman–Crippen LogP) is 34.5. The highest BCUT2D eigenvalue weighted by atomic mass is 32.1. The van der Waals surface area contributed by atoms with Gasteiger partial charge in [-0.2, -0.15) is 10.5 Å². The number of nitriles is 2. The quantitative estimate of drug-likeness (QED) is 0.0171. The highest BCUT2D eigenvalue weighted by Crippen LogP contribution is 2.54. The third-order valence-electron chi connectivity index (χ3n) is 25.1. The fourth-order valence-electron chi connectivity index (χ4n) is 17.9. The average Bonchev–Trinajstić information content (AvgIpc) is 1.54. The molecule has 0 saturated carbocycles. The van der Waals surface area contributed by atoms with Crippen molar-refractivity contribution in [3.05, 3.63) is 104 Å². The van der Waals surface area contributed by atoms with Crippen LogP contribution in [0.15, 0.2) is 71.8 Å². The van der Waals surface area contributed by atoms with Gasteiger partial charge in [0.05, 0.1) is 0 Å². The molecule has 0 aromatic carbocycles. The summed E-state index contributed by atoms with van der Waals surface area (Å²) in [5.41, 5.74) is 6.09. The summed E-state index contributed by atoms with van der Waals surface area (Å²) < 4.78 is 0. The molecular formula is C104H150N4O2S8Si. The van der Waals surface area contributed by atoms with Crippen molar-refractivity contribution >= 4 is 133 Å². The van der Waals surface area contributed by atoms with Crippen LogP contribution in [0, 0.1) is 34.5 Å². The van der Waals surface area contributed by atoms with Crippen molar-refractivity contribution in [2.24, 2.45) is 11.8 Å². The maximum absolute atomic E-state index is 13.6. The van der Waals surface area contributed by atoms with Crippen molar-refractivity contribution in [2.75, 3.05) is 13.1 Å². The van der Waals surface area contributed by atoms with E-state index in [0.29, 0.717) is 24.9 Å². The second kappa shape index (κ2) is 54.9. The molecule has 0 radical (unpaired) electrons. The standard InChI is InChI=1S/C104H150N4O2S8Si/c1-11-21-29-35-41-47-55-79-65-85(67-83(73-105)103(109)107-63-51-45-39-33-25-15-5)111-97(79)87-59-61-89(113-87)99-81(57-49-43-37-31-23-13-3)69-91(115-99)93-71-95-101(117-93)102-96(119(95,75-77(19-9)53-27-17-7)76-78(20-10)54-28-18-8)72-94(118-102)92-70-82(58-50-44-38-32-24-14-4)100(116-92)90-62-60-88(114-90)98-80(56-48-42-36-30-22-12-2)66-86(112-98)68-84(74-106)104(110)108-64-52-46-40-34-26-16-6/h59-62,65-72,77-78H,11-58,63-64,75-76H2,1-10H3,(H,107,109)(H,108,110)/b83-67+,84-68+. The molecule has 9 heterocycles. The van der Waals surface area contributed by atoms with Crippen LogP contribution in [-0.2, 0) is 35.3 Å². The summed E-state index contributed by atoms with van der Waals surface area (Å²) in [6.07, 6.45) is 62.1. The topological polar surface area (TPSA) is 106 Å². The highest BCUT2D eigenvalue weighted by Gasteiger charge is 2.50. The first-order valence-corrected chi connectivity index (χ1v) is 57.1. The molecular weight excluding hydrogens is 1620 g/mol. The lowest BCUT2D eigenvalue weighted by molar-refractivity contribution is -0.117. The summed E-state index contributed by atoms with van der Waals surface area (Å²) in [5.74, 6) is 0.861. The van der Waals surface area contributed by atoms with E-state index in [-0.39, 0.29) is 23.0 Å². The van der Waals surface area contributed by atoms with Gasteiger partial charge in [0.25, 0.3) is 11.8 Å². The molecule has 2 N–H and O–H groups in total. The monoisotopic (exact) mass is 1770 g/mol. The Bertz CT molecular complexity index is 4140. The van der Waals surface area contributed by atoms with Gasteiger partial charge in [-0.1, -0.05) is 313 Å². The van der Waals surface area contributed by atoms with Gasteiger partial charge in [-0.05, 0) is 194 Å². The van der Waals surface area contributed by atoms with Crippen LogP contribution in [-0.4, -0.2) is 33.0 Å². The van der Waals surface area contributed by atoms with Crippen LogP contribution < -0.4 is 21.0 Å². The molecule has 0 spiro atoms. The number of nitrogens with one attached hydrogen (secondary N) is 2. The van der Waals surface area contributed by atoms with Gasteiger partial charge in [-0.15, -0.1) is 90.7 Å². The third kappa shape index (κ3) is 29.7. The number of fused-ring (bicyclic) bond motifs is 3. The Morgan fingerprint density at radius 2 is 0.588 bits per heavy atom. The summed E-state index contributed by atoms with van der Waals surface area (Å²) in [6, 6.07) is 32.5. The number of aryl methyl sites for hydroxylation is 4. The minimum atomic E-state index is -2.41. The maximum Gasteiger partial charge on any atom is 0.261 e. The van der Waals surface area contributed by atoms with E-state index in [1.165, 1.54) is 337 Å². The van der Waals surface area contributed by atoms with E-state index in [9.17, 15) is 20.1 Å². The molecule has 2 amide bonds. The Kier molecular flexibility index (Phi) is 45.2. The largest absolute Gasteiger partial charge is 0.351 e. The van der Waals surface area contributed by atoms with Gasteiger partial charge in [-0.25, -0.2) is 0 Å². The van der Waals surface area contributed by atoms with Gasteiger partial charge in [0.1, 0.15) is 31.4 Å². The van der Waals surface area contributed by atoms with E-state index in [0.717, 1.165) is 74.0 Å². The van der Waals surface area contributed by atoms with Gasteiger partial charge in [0.15, 0.2) is 0 Å². The molecule has 15 heteroatoms. The molecule has 6 nitrogen and oxygen atoms in total. The SMILES string of the molecule is CCCCCCCCNC(=O)/C(C#N)=C/c1cc(CCCCCCCC)c(-c2ccc(-c3sc(-c4cc5c(s4)-c4sc(-c6cc(CCCCCCCC)c(-c7ccc(-c8sc(/C=C(\C#N)C(=O)NCCCCCCCC)cc8CCCCCCCC)s7)s6)cc4[Si]5(CC(CC)CCCC)CC(CC)CCCC)cc3CCCCCCCC)s2)s1. The molecule has 2 atom stereocenters. The number of unbranched alkanes of at least 4 members (excludes halogenated alkanes) is 32. The van der Waals surface area contributed by atoms with Crippen molar-refractivity contribution in [2.45, 2.75) is 390 Å². The van der Waals surface area contributed by atoms with E-state index in [1.54, 1.807) is 42.8 Å². The Hall–Kier alpha value is -4.78. The average molecular weight is 1770 g/mol. The lowest BCUT2D eigenvalue weighted by atomic mass is 10.0. The zero-order valence-electron chi connectivity index (χ0n) is 75.3. The van der Waals surface area contributed by atoms with E-state index < -0.39 is 8.07 Å². The normalized spacial score (nSPS) is 14.0. The molecule has 1 aliphatic heterocycles. The highest BCUT2D eigenvalue weighted by molar-refractivity contribution is 7.35. The van der Waals surface area contributed by atoms with Crippen LogP contribution >= 0.6 is 90.7 Å². The minimum absolute atomic E-state index is 0.196. The molecule has 0 aliphatic carbocycles. The summed E-state index contributed by atoms with van der Waals surface area (Å²) in [7, 11) is -2.41. The third-order valence-corrected chi connectivity index (χ3v) is 41.1. The molecule has 650 valence electrons. The first-order valence-electron chi connectivity index (χ1n) is 48.2. The van der Waals surface area contributed by atoms with E-state index in [1.807, 2.05) is 34.8 Å². The smallest absolute Gasteiger partial charge is 0.261 e. The number of rotatable bonds is 64. The molecule has 8 aromatic heterocycles. The zero-order valence-corrected chi connectivity index (χ0v) is 82.9. The van der Waals surface area contributed by atoms with Crippen LogP contribution in [0.3, 0.4) is 0 Å². The van der Waals surface area contributed by atoms with Crippen LogP contribution in [0.1, 0.15) is 384 Å². The van der Waals surface area contributed by atoms with E-state index >= 15 is 0 Å². The van der Waals surface area contributed by atoms with E-state index in [2.05, 4.69) is 198 Å². The van der Waals surface area contributed by atoms with Gasteiger partial charge in [0.2, 0.25) is 0 Å². The molecule has 2 unspecified atom stereocenters. The predicted molar refractivity (Wildman–Crippen MR) is 537 cm³/mol. The van der Waals surface area contributed by atoms with Crippen molar-refractivity contribution in [1.82, 2.24) is 10.6 Å². The summed E-state index contributed by atoms with van der Waals surface area (Å²) in [6.45, 7) is 24.8. The molecule has 0 fully saturated rings. The molecule has 119 heavy (non-hydrogen) atoms. The Morgan fingerprint density at radius 3 is 0.891 bits per heavy atom. The Labute approximate surface area is 755 Å². The van der Waals surface area contributed by atoms with Gasteiger partial charge < -0.3 is 10.6 Å². The maximum atomic E-state index is 13.6.